The zero-order valence-electron chi connectivity index (χ0n) is 12.1. The van der Waals surface area contributed by atoms with Crippen molar-refractivity contribution in [1.82, 2.24) is 16.2 Å². The van der Waals surface area contributed by atoms with Crippen LogP contribution in [0.25, 0.3) is 0 Å². The van der Waals surface area contributed by atoms with E-state index in [0.717, 1.165) is 5.56 Å². The van der Waals surface area contributed by atoms with Crippen molar-refractivity contribution in [3.8, 4) is 11.5 Å². The Morgan fingerprint density at radius 1 is 1.33 bits per heavy atom. The number of hydrogen-bond acceptors (Lipinski definition) is 5. The van der Waals surface area contributed by atoms with Crippen LogP contribution in [0.5, 0.6) is 11.5 Å². The fraction of sp³-hybridized carbons (Fsp3) is 0.429. The zero-order chi connectivity index (χ0) is 15.2. The van der Waals surface area contributed by atoms with Gasteiger partial charge < -0.3 is 14.8 Å². The van der Waals surface area contributed by atoms with Crippen molar-refractivity contribution in [2.45, 2.75) is 18.9 Å². The molecule has 7 nitrogen and oxygen atoms in total. The van der Waals surface area contributed by atoms with Crippen LogP contribution in [0.3, 0.4) is 0 Å². The minimum absolute atomic E-state index is 0.169. The molecular formula is C14H19N3O4. The monoisotopic (exact) mass is 293 g/mol. The van der Waals surface area contributed by atoms with Crippen molar-refractivity contribution in [2.24, 2.45) is 0 Å². The lowest BCUT2D eigenvalue weighted by Gasteiger charge is -2.11. The van der Waals surface area contributed by atoms with Gasteiger partial charge in [0.1, 0.15) is 6.04 Å². The summed E-state index contributed by atoms with van der Waals surface area (Å²) in [5, 5.41) is 2.79. The van der Waals surface area contributed by atoms with Crippen LogP contribution in [0.4, 0.5) is 0 Å². The van der Waals surface area contributed by atoms with Gasteiger partial charge in [0.15, 0.2) is 11.5 Å². The molecule has 2 rings (SSSR count). The van der Waals surface area contributed by atoms with E-state index in [1.165, 1.54) is 0 Å². The van der Waals surface area contributed by atoms with Crippen molar-refractivity contribution in [3.05, 3.63) is 23.8 Å². The quantitative estimate of drug-likeness (QED) is 0.673. The fourth-order valence-electron chi connectivity index (χ4n) is 2.10. The van der Waals surface area contributed by atoms with E-state index in [9.17, 15) is 9.59 Å². The molecular weight excluding hydrogens is 274 g/mol. The Morgan fingerprint density at radius 3 is 2.71 bits per heavy atom. The summed E-state index contributed by atoms with van der Waals surface area (Å²) in [5.41, 5.74) is 6.08. The lowest BCUT2D eigenvalue weighted by Crippen LogP contribution is -2.43. The second-order valence-electron chi connectivity index (χ2n) is 4.68. The molecule has 0 spiro atoms. The lowest BCUT2D eigenvalue weighted by atomic mass is 10.1. The van der Waals surface area contributed by atoms with E-state index >= 15 is 0 Å². The number of carbonyl (C=O) groups excluding carboxylic acids is 2. The predicted octanol–water partition coefficient (Wildman–Crippen LogP) is -0.244. The highest BCUT2D eigenvalue weighted by atomic mass is 16.5. The van der Waals surface area contributed by atoms with E-state index < -0.39 is 6.04 Å². The maximum absolute atomic E-state index is 11.8. The van der Waals surface area contributed by atoms with Gasteiger partial charge in [-0.2, -0.15) is 0 Å². The molecule has 0 radical (unpaired) electrons. The number of hydrogen-bond donors (Lipinski definition) is 3. The van der Waals surface area contributed by atoms with Gasteiger partial charge in [0, 0.05) is 6.54 Å². The first-order valence-electron chi connectivity index (χ1n) is 6.67. The molecule has 0 saturated carbocycles. The molecule has 1 aromatic rings. The third-order valence-electron chi connectivity index (χ3n) is 3.25. The Morgan fingerprint density at radius 2 is 2.10 bits per heavy atom. The van der Waals surface area contributed by atoms with Gasteiger partial charge in [0.25, 0.3) is 0 Å². The Hall–Kier alpha value is -2.28. The van der Waals surface area contributed by atoms with E-state index in [-0.39, 0.29) is 18.2 Å². The van der Waals surface area contributed by atoms with Crippen molar-refractivity contribution in [2.75, 3.05) is 20.8 Å². The summed E-state index contributed by atoms with van der Waals surface area (Å²) < 4.78 is 10.4. The van der Waals surface area contributed by atoms with E-state index in [2.05, 4.69) is 16.2 Å². The number of carbonyl (C=O) groups is 2. The smallest absolute Gasteiger partial charge is 0.239 e. The summed E-state index contributed by atoms with van der Waals surface area (Å²) in [5.74, 6) is 0.975. The van der Waals surface area contributed by atoms with Gasteiger partial charge in [-0.05, 0) is 24.1 Å². The standard InChI is InChI=1S/C14H19N3O4/c1-20-11-4-3-9(7-12(11)21-2)5-6-15-14(19)10-8-13(18)17-16-10/h3-4,7,10,16H,5-6,8H2,1-2H3,(H,15,19)(H,17,18). The average Bonchev–Trinajstić information content (AvgIpc) is 2.93. The Labute approximate surface area is 123 Å². The van der Waals surface area contributed by atoms with Crippen molar-refractivity contribution in [1.29, 1.82) is 0 Å². The van der Waals surface area contributed by atoms with E-state index in [0.29, 0.717) is 24.5 Å². The molecule has 1 atom stereocenters. The van der Waals surface area contributed by atoms with Gasteiger partial charge in [-0.15, -0.1) is 0 Å². The zero-order valence-corrected chi connectivity index (χ0v) is 12.1. The number of benzene rings is 1. The molecule has 1 heterocycles. The molecule has 1 aliphatic heterocycles. The molecule has 0 bridgehead atoms. The first-order chi connectivity index (χ1) is 10.1. The fourth-order valence-corrected chi connectivity index (χ4v) is 2.10. The van der Waals surface area contributed by atoms with Crippen molar-refractivity contribution >= 4 is 11.8 Å². The molecule has 1 aliphatic rings. The second kappa shape index (κ2) is 6.94. The molecule has 1 unspecified atom stereocenters. The van der Waals surface area contributed by atoms with Crippen LogP contribution in [-0.2, 0) is 16.0 Å². The third-order valence-corrected chi connectivity index (χ3v) is 3.25. The first-order valence-corrected chi connectivity index (χ1v) is 6.67. The third kappa shape index (κ3) is 3.85. The van der Waals surface area contributed by atoms with Crippen LogP contribution in [-0.4, -0.2) is 38.6 Å². The predicted molar refractivity (Wildman–Crippen MR) is 75.9 cm³/mol. The number of nitrogens with one attached hydrogen (secondary N) is 3. The largest absolute Gasteiger partial charge is 0.493 e. The Bertz CT molecular complexity index is 533. The molecule has 21 heavy (non-hydrogen) atoms. The topological polar surface area (TPSA) is 88.7 Å². The molecule has 114 valence electrons. The molecule has 1 aromatic carbocycles. The van der Waals surface area contributed by atoms with Gasteiger partial charge in [0.2, 0.25) is 11.8 Å². The van der Waals surface area contributed by atoms with Crippen LogP contribution in [0.2, 0.25) is 0 Å². The van der Waals surface area contributed by atoms with E-state index in [1.54, 1.807) is 14.2 Å². The number of methoxy groups -OCH3 is 2. The lowest BCUT2D eigenvalue weighted by molar-refractivity contribution is -0.124. The summed E-state index contributed by atoms with van der Waals surface area (Å²) in [6.07, 6.45) is 0.836. The minimum atomic E-state index is -0.497. The van der Waals surface area contributed by atoms with Crippen molar-refractivity contribution < 1.29 is 19.1 Å². The molecule has 7 heteroatoms. The highest BCUT2D eigenvalue weighted by Crippen LogP contribution is 2.27. The van der Waals surface area contributed by atoms with Crippen molar-refractivity contribution in [3.63, 3.8) is 0 Å². The second-order valence-corrected chi connectivity index (χ2v) is 4.68. The molecule has 0 aliphatic carbocycles. The summed E-state index contributed by atoms with van der Waals surface area (Å²) in [6.45, 7) is 0.487. The number of hydrazine groups is 1. The van der Waals surface area contributed by atoms with Gasteiger partial charge in [0.05, 0.1) is 20.6 Å². The van der Waals surface area contributed by atoms with Gasteiger partial charge in [-0.3, -0.25) is 15.0 Å². The molecule has 3 N–H and O–H groups in total. The highest BCUT2D eigenvalue weighted by molar-refractivity contribution is 5.90. The maximum Gasteiger partial charge on any atom is 0.239 e. The van der Waals surface area contributed by atoms with Crippen LogP contribution >= 0.6 is 0 Å². The number of amides is 2. The molecule has 1 fully saturated rings. The van der Waals surface area contributed by atoms with E-state index in [1.807, 2.05) is 18.2 Å². The van der Waals surface area contributed by atoms with Gasteiger partial charge >= 0.3 is 0 Å². The summed E-state index contributed by atoms with van der Waals surface area (Å²) >= 11 is 0. The number of ether oxygens (including phenoxy) is 2. The van der Waals surface area contributed by atoms with Gasteiger partial charge in [-0.1, -0.05) is 6.07 Å². The van der Waals surface area contributed by atoms with Crippen LogP contribution in [0.15, 0.2) is 18.2 Å². The average molecular weight is 293 g/mol. The van der Waals surface area contributed by atoms with Gasteiger partial charge in [-0.25, -0.2) is 5.43 Å². The number of rotatable bonds is 6. The minimum Gasteiger partial charge on any atom is -0.493 e. The summed E-state index contributed by atoms with van der Waals surface area (Å²) in [6, 6.07) is 5.14. The molecule has 1 saturated heterocycles. The Kier molecular flexibility index (Phi) is 4.99. The molecule has 0 aromatic heterocycles. The SMILES string of the molecule is COc1ccc(CCNC(=O)C2CC(=O)NN2)cc1OC. The van der Waals surface area contributed by atoms with Crippen LogP contribution in [0, 0.1) is 0 Å². The summed E-state index contributed by atoms with van der Waals surface area (Å²) in [7, 11) is 3.17. The molecule has 2 amide bonds. The highest BCUT2D eigenvalue weighted by Gasteiger charge is 2.26. The van der Waals surface area contributed by atoms with Crippen LogP contribution < -0.4 is 25.6 Å². The Balaban J connectivity index is 1.83. The van der Waals surface area contributed by atoms with Crippen LogP contribution in [0.1, 0.15) is 12.0 Å². The maximum atomic E-state index is 11.8. The normalized spacial score (nSPS) is 17.2. The van der Waals surface area contributed by atoms with E-state index in [4.69, 9.17) is 9.47 Å². The summed E-state index contributed by atoms with van der Waals surface area (Å²) in [4.78, 5) is 22.8. The first kappa shape index (κ1) is 15.1.